The van der Waals surface area contributed by atoms with Crippen LogP contribution in [0.3, 0.4) is 0 Å². The summed E-state index contributed by atoms with van der Waals surface area (Å²) in [6.07, 6.45) is 2.77. The van der Waals surface area contributed by atoms with Gasteiger partial charge in [0, 0.05) is 35.4 Å². The lowest BCUT2D eigenvalue weighted by atomic mass is 10.0. The zero-order chi connectivity index (χ0) is 14.7. The standard InChI is InChI=1S/C12H30N4S3/c13-4-1-10(7-17)16(11(8-18)2-5-14)12(9-19)3-6-15/h10-12,17-19H,1-9,13-15H2. The molecule has 7 heteroatoms. The van der Waals surface area contributed by atoms with E-state index in [2.05, 4.69) is 42.8 Å². The van der Waals surface area contributed by atoms with Gasteiger partial charge in [0.1, 0.15) is 0 Å². The van der Waals surface area contributed by atoms with E-state index in [0.717, 1.165) is 36.5 Å². The highest BCUT2D eigenvalue weighted by Gasteiger charge is 2.29. The van der Waals surface area contributed by atoms with Crippen molar-refractivity contribution < 1.29 is 0 Å². The van der Waals surface area contributed by atoms with Crippen molar-refractivity contribution in [1.29, 1.82) is 0 Å². The van der Waals surface area contributed by atoms with Crippen molar-refractivity contribution in [3.63, 3.8) is 0 Å². The molecule has 0 aromatic rings. The maximum absolute atomic E-state index is 5.73. The highest BCUT2D eigenvalue weighted by Crippen LogP contribution is 2.21. The lowest BCUT2D eigenvalue weighted by Crippen LogP contribution is -2.53. The van der Waals surface area contributed by atoms with E-state index < -0.39 is 0 Å². The van der Waals surface area contributed by atoms with Crippen molar-refractivity contribution in [2.45, 2.75) is 37.4 Å². The first-order chi connectivity index (χ1) is 9.19. The molecule has 0 aliphatic carbocycles. The van der Waals surface area contributed by atoms with E-state index in [0.29, 0.717) is 37.8 Å². The molecule has 116 valence electrons. The highest BCUT2D eigenvalue weighted by molar-refractivity contribution is 7.80. The van der Waals surface area contributed by atoms with Gasteiger partial charge >= 0.3 is 0 Å². The second kappa shape index (κ2) is 12.6. The first kappa shape index (κ1) is 19.9. The number of hydrogen-bond donors (Lipinski definition) is 6. The fourth-order valence-corrected chi connectivity index (χ4v) is 3.59. The first-order valence-electron chi connectivity index (χ1n) is 6.90. The van der Waals surface area contributed by atoms with Crippen LogP contribution in [-0.2, 0) is 0 Å². The van der Waals surface area contributed by atoms with Gasteiger partial charge in [-0.1, -0.05) is 0 Å². The van der Waals surface area contributed by atoms with Gasteiger partial charge in [0.05, 0.1) is 0 Å². The Bertz CT molecular complexity index is 176. The van der Waals surface area contributed by atoms with Crippen LogP contribution in [0.2, 0.25) is 0 Å². The summed E-state index contributed by atoms with van der Waals surface area (Å²) in [5.74, 6) is 2.34. The van der Waals surface area contributed by atoms with Crippen molar-refractivity contribution in [3.8, 4) is 0 Å². The van der Waals surface area contributed by atoms with Crippen LogP contribution in [0.1, 0.15) is 19.3 Å². The largest absolute Gasteiger partial charge is 0.330 e. The molecule has 0 aliphatic rings. The molecule has 0 saturated heterocycles. The number of hydrogen-bond acceptors (Lipinski definition) is 7. The lowest BCUT2D eigenvalue weighted by molar-refractivity contribution is 0.0994. The molecule has 0 amide bonds. The van der Waals surface area contributed by atoms with Crippen molar-refractivity contribution in [3.05, 3.63) is 0 Å². The number of nitrogens with two attached hydrogens (primary N) is 3. The van der Waals surface area contributed by atoms with E-state index >= 15 is 0 Å². The number of rotatable bonds is 12. The average Bonchev–Trinajstić information content (AvgIpc) is 2.43. The quantitative estimate of drug-likeness (QED) is 0.290. The fraction of sp³-hybridized carbons (Fsp3) is 1.00. The molecule has 0 rings (SSSR count). The second-order valence-electron chi connectivity index (χ2n) is 4.69. The van der Waals surface area contributed by atoms with E-state index in [-0.39, 0.29) is 0 Å². The third-order valence-electron chi connectivity index (χ3n) is 3.40. The molecule has 3 unspecified atom stereocenters. The molecule has 19 heavy (non-hydrogen) atoms. The van der Waals surface area contributed by atoms with E-state index in [1.54, 1.807) is 0 Å². The molecule has 0 aliphatic heterocycles. The summed E-state index contributed by atoms with van der Waals surface area (Å²) < 4.78 is 0. The fourth-order valence-electron chi connectivity index (χ4n) is 2.48. The molecule has 0 fully saturated rings. The molecule has 0 radical (unpaired) electrons. The summed E-state index contributed by atoms with van der Waals surface area (Å²) in [7, 11) is 0. The third kappa shape index (κ3) is 6.93. The van der Waals surface area contributed by atoms with Crippen LogP contribution >= 0.6 is 37.9 Å². The van der Waals surface area contributed by atoms with Crippen molar-refractivity contribution in [1.82, 2.24) is 4.90 Å². The number of nitrogens with zero attached hydrogens (tertiary/aromatic N) is 1. The summed E-state index contributed by atoms with van der Waals surface area (Å²) in [5.41, 5.74) is 17.2. The Morgan fingerprint density at radius 1 is 0.632 bits per heavy atom. The molecule has 4 nitrogen and oxygen atoms in total. The summed E-state index contributed by atoms with van der Waals surface area (Å²) >= 11 is 13.4. The normalized spacial score (nSPS) is 16.6. The van der Waals surface area contributed by atoms with E-state index in [9.17, 15) is 0 Å². The first-order valence-corrected chi connectivity index (χ1v) is 8.79. The van der Waals surface area contributed by atoms with Crippen LogP contribution in [0, 0.1) is 0 Å². The van der Waals surface area contributed by atoms with Crippen molar-refractivity contribution in [2.75, 3.05) is 36.9 Å². The molecular formula is C12H30N4S3. The predicted octanol–water partition coefficient (Wildman–Crippen LogP) is 0.230. The highest BCUT2D eigenvalue weighted by atomic mass is 32.1. The summed E-state index contributed by atoms with van der Waals surface area (Å²) in [4.78, 5) is 2.46. The predicted molar refractivity (Wildman–Crippen MR) is 95.8 cm³/mol. The Labute approximate surface area is 134 Å². The van der Waals surface area contributed by atoms with Crippen molar-refractivity contribution in [2.24, 2.45) is 17.2 Å². The minimum Gasteiger partial charge on any atom is -0.330 e. The maximum Gasteiger partial charge on any atom is 0.0202 e. The molecular weight excluding hydrogens is 296 g/mol. The van der Waals surface area contributed by atoms with Gasteiger partial charge in [-0.15, -0.1) is 0 Å². The Morgan fingerprint density at radius 2 is 0.895 bits per heavy atom. The van der Waals surface area contributed by atoms with Gasteiger partial charge in [-0.25, -0.2) is 0 Å². The molecule has 0 heterocycles. The lowest BCUT2D eigenvalue weighted by Gasteiger charge is -2.42. The Morgan fingerprint density at radius 3 is 1.05 bits per heavy atom. The molecule has 0 bridgehead atoms. The van der Waals surface area contributed by atoms with E-state index in [4.69, 9.17) is 17.2 Å². The van der Waals surface area contributed by atoms with Gasteiger partial charge in [-0.3, -0.25) is 4.90 Å². The van der Waals surface area contributed by atoms with Crippen LogP contribution in [0.25, 0.3) is 0 Å². The van der Waals surface area contributed by atoms with E-state index in [1.807, 2.05) is 0 Å². The Kier molecular flexibility index (Phi) is 13.2. The third-order valence-corrected chi connectivity index (χ3v) is 4.66. The average molecular weight is 327 g/mol. The van der Waals surface area contributed by atoms with Gasteiger partial charge in [-0.2, -0.15) is 37.9 Å². The Hall–Kier alpha value is 0.890. The summed E-state index contributed by atoms with van der Waals surface area (Å²) in [6.45, 7) is 1.97. The summed E-state index contributed by atoms with van der Waals surface area (Å²) in [6, 6.07) is 1.00. The van der Waals surface area contributed by atoms with E-state index in [1.165, 1.54) is 0 Å². The maximum atomic E-state index is 5.73. The minimum atomic E-state index is 0.334. The van der Waals surface area contributed by atoms with Gasteiger partial charge < -0.3 is 17.2 Å². The molecule has 0 aromatic carbocycles. The molecule has 6 N–H and O–H groups in total. The monoisotopic (exact) mass is 326 g/mol. The van der Waals surface area contributed by atoms with Crippen LogP contribution in [0.15, 0.2) is 0 Å². The second-order valence-corrected chi connectivity index (χ2v) is 5.78. The smallest absolute Gasteiger partial charge is 0.0202 e. The van der Waals surface area contributed by atoms with Gasteiger partial charge in [0.2, 0.25) is 0 Å². The molecule has 3 atom stereocenters. The van der Waals surface area contributed by atoms with Gasteiger partial charge in [0.25, 0.3) is 0 Å². The van der Waals surface area contributed by atoms with Crippen LogP contribution < -0.4 is 17.2 Å². The summed E-state index contributed by atoms with van der Waals surface area (Å²) in [5, 5.41) is 0. The van der Waals surface area contributed by atoms with Crippen molar-refractivity contribution >= 4 is 37.9 Å². The molecule has 0 saturated carbocycles. The van der Waals surface area contributed by atoms with Crippen LogP contribution in [-0.4, -0.2) is 59.9 Å². The molecule has 0 aromatic heterocycles. The zero-order valence-electron chi connectivity index (χ0n) is 11.6. The van der Waals surface area contributed by atoms with Gasteiger partial charge in [-0.05, 0) is 38.9 Å². The van der Waals surface area contributed by atoms with Gasteiger partial charge in [0.15, 0.2) is 0 Å². The minimum absolute atomic E-state index is 0.334. The van der Waals surface area contributed by atoms with Crippen LogP contribution in [0.5, 0.6) is 0 Å². The Balaban J connectivity index is 5.04. The SMILES string of the molecule is NCCC(CS)N(C(CS)CCN)C(CS)CCN. The number of thiol groups is 3. The van der Waals surface area contributed by atoms with Crippen LogP contribution in [0.4, 0.5) is 0 Å². The zero-order valence-corrected chi connectivity index (χ0v) is 14.3. The molecule has 0 spiro atoms. The topological polar surface area (TPSA) is 81.3 Å².